The number of hydrogen-bond donors (Lipinski definition) is 0. The Morgan fingerprint density at radius 1 is 1.22 bits per heavy atom. The van der Waals surface area contributed by atoms with E-state index in [1.807, 2.05) is 6.08 Å². The Morgan fingerprint density at radius 3 is 2.39 bits per heavy atom. The first kappa shape index (κ1) is 14.8. The lowest BCUT2D eigenvalue weighted by Crippen LogP contribution is -2.06. The van der Waals surface area contributed by atoms with Gasteiger partial charge in [-0.1, -0.05) is 46.8 Å². The fourth-order valence-corrected chi connectivity index (χ4v) is 1.65. The van der Waals surface area contributed by atoms with E-state index >= 15 is 0 Å². The Kier molecular flexibility index (Phi) is 5.46. The van der Waals surface area contributed by atoms with Crippen LogP contribution >= 0.6 is 0 Å². The summed E-state index contributed by atoms with van der Waals surface area (Å²) in [5.74, 6) is 3.20. The van der Waals surface area contributed by atoms with E-state index in [9.17, 15) is 0 Å². The molecule has 1 rings (SSSR count). The van der Waals surface area contributed by atoms with Gasteiger partial charge in [-0.05, 0) is 35.1 Å². The molecule has 0 bridgehead atoms. The zero-order chi connectivity index (χ0) is 13.7. The minimum Gasteiger partial charge on any atom is -0.493 e. The van der Waals surface area contributed by atoms with Crippen molar-refractivity contribution in [3.05, 3.63) is 47.9 Å². The van der Waals surface area contributed by atoms with Gasteiger partial charge in [0.1, 0.15) is 5.75 Å². The average molecular weight is 245 g/mol. The van der Waals surface area contributed by atoms with Crippen LogP contribution < -0.4 is 4.74 Å². The van der Waals surface area contributed by atoms with Gasteiger partial charge in [-0.25, -0.2) is 0 Å². The zero-order valence-corrected chi connectivity index (χ0v) is 12.3. The molecule has 0 heterocycles. The second-order valence-corrected chi connectivity index (χ2v) is 5.54. The molecular weight excluding hydrogens is 220 g/mol. The van der Waals surface area contributed by atoms with E-state index in [1.54, 1.807) is 0 Å². The smallest absolute Gasteiger partial charge is 0.119 e. The van der Waals surface area contributed by atoms with E-state index in [4.69, 9.17) is 4.74 Å². The van der Waals surface area contributed by atoms with Gasteiger partial charge in [0.2, 0.25) is 0 Å². The first-order chi connectivity index (χ1) is 8.43. The molecule has 0 aliphatic heterocycles. The molecule has 0 N–H and O–H groups in total. The third-order valence-electron chi connectivity index (χ3n) is 2.94. The minimum atomic E-state index is 0.504. The van der Waals surface area contributed by atoms with Gasteiger partial charge in [-0.15, -0.1) is 6.58 Å². The molecule has 1 heteroatoms. The molecule has 99 valence electrons. The standard InChI is InChI=1S/C17H25O/c1-7-14(6)16-8-15(13(4)5)9-17(10-16)18-11-12(2)3/h7-10,12-13H,1,11H2,2-6H3. The summed E-state index contributed by atoms with van der Waals surface area (Å²) in [7, 11) is 0. The molecule has 0 spiro atoms. The van der Waals surface area contributed by atoms with Gasteiger partial charge in [0.15, 0.2) is 0 Å². The molecule has 0 aliphatic rings. The van der Waals surface area contributed by atoms with Crippen molar-refractivity contribution in [2.45, 2.75) is 40.5 Å². The largest absolute Gasteiger partial charge is 0.493 e. The molecule has 1 aromatic rings. The maximum absolute atomic E-state index is 5.85. The van der Waals surface area contributed by atoms with Crippen molar-refractivity contribution in [1.82, 2.24) is 0 Å². The normalized spacial score (nSPS) is 11.3. The first-order valence-electron chi connectivity index (χ1n) is 6.68. The molecule has 0 fully saturated rings. The molecule has 1 nitrogen and oxygen atoms in total. The Morgan fingerprint density at radius 2 is 1.89 bits per heavy atom. The average Bonchev–Trinajstić information content (AvgIpc) is 2.34. The second-order valence-electron chi connectivity index (χ2n) is 5.54. The van der Waals surface area contributed by atoms with Gasteiger partial charge in [0.05, 0.1) is 6.61 Å². The van der Waals surface area contributed by atoms with Gasteiger partial charge >= 0.3 is 0 Å². The number of ether oxygens (including phenoxy) is 1. The summed E-state index contributed by atoms with van der Waals surface area (Å²) in [5.41, 5.74) is 2.52. The van der Waals surface area contributed by atoms with Crippen LogP contribution in [-0.2, 0) is 0 Å². The van der Waals surface area contributed by atoms with Crippen LogP contribution in [-0.4, -0.2) is 6.61 Å². The summed E-state index contributed by atoms with van der Waals surface area (Å²) in [6, 6.07) is 6.47. The van der Waals surface area contributed by atoms with Crippen molar-refractivity contribution >= 4 is 0 Å². The molecule has 1 aromatic carbocycles. The Bertz CT molecular complexity index is 391. The molecular formula is C17H25O. The summed E-state index contributed by atoms with van der Waals surface area (Å²) >= 11 is 0. The van der Waals surface area contributed by atoms with Crippen molar-refractivity contribution in [1.29, 1.82) is 0 Å². The maximum atomic E-state index is 5.85. The van der Waals surface area contributed by atoms with Crippen LogP contribution in [0.25, 0.3) is 0 Å². The van der Waals surface area contributed by atoms with Crippen LogP contribution in [0.5, 0.6) is 5.75 Å². The fraction of sp³-hybridized carbons (Fsp3) is 0.471. The van der Waals surface area contributed by atoms with Gasteiger partial charge < -0.3 is 4.74 Å². The van der Waals surface area contributed by atoms with Crippen molar-refractivity contribution in [3.63, 3.8) is 0 Å². The van der Waals surface area contributed by atoms with E-state index in [0.29, 0.717) is 11.8 Å². The van der Waals surface area contributed by atoms with E-state index in [1.165, 1.54) is 17.0 Å². The molecule has 1 radical (unpaired) electrons. The third-order valence-corrected chi connectivity index (χ3v) is 2.94. The highest BCUT2D eigenvalue weighted by Gasteiger charge is 2.09. The lowest BCUT2D eigenvalue weighted by molar-refractivity contribution is 0.270. The van der Waals surface area contributed by atoms with Crippen molar-refractivity contribution in [3.8, 4) is 5.75 Å². The van der Waals surface area contributed by atoms with Crippen LogP contribution in [0.4, 0.5) is 0 Å². The maximum Gasteiger partial charge on any atom is 0.119 e. The molecule has 18 heavy (non-hydrogen) atoms. The van der Waals surface area contributed by atoms with Gasteiger partial charge in [0, 0.05) is 5.92 Å². The summed E-state index contributed by atoms with van der Waals surface area (Å²) in [6.07, 6.45) is 1.89. The van der Waals surface area contributed by atoms with Crippen LogP contribution in [0.2, 0.25) is 0 Å². The first-order valence-corrected chi connectivity index (χ1v) is 6.68. The molecule has 0 aliphatic carbocycles. The van der Waals surface area contributed by atoms with Crippen LogP contribution in [0.3, 0.4) is 0 Å². The zero-order valence-electron chi connectivity index (χ0n) is 12.3. The highest BCUT2D eigenvalue weighted by molar-refractivity contribution is 5.44. The Hall–Kier alpha value is -1.24. The molecule has 0 unspecified atom stereocenters. The molecule has 0 aromatic heterocycles. The van der Waals surface area contributed by atoms with Gasteiger partial charge in [-0.2, -0.15) is 0 Å². The molecule has 0 atom stereocenters. The van der Waals surface area contributed by atoms with E-state index in [2.05, 4.69) is 59.4 Å². The van der Waals surface area contributed by atoms with E-state index < -0.39 is 0 Å². The second kappa shape index (κ2) is 6.63. The van der Waals surface area contributed by atoms with Crippen molar-refractivity contribution < 1.29 is 4.74 Å². The monoisotopic (exact) mass is 245 g/mol. The fourth-order valence-electron chi connectivity index (χ4n) is 1.65. The third kappa shape index (κ3) is 4.21. The SMILES string of the molecule is C=C[C](C)c1cc(OCC(C)C)cc(C(C)C)c1. The van der Waals surface area contributed by atoms with Gasteiger partial charge in [-0.3, -0.25) is 0 Å². The van der Waals surface area contributed by atoms with Crippen LogP contribution in [0.1, 0.15) is 51.7 Å². The molecule has 0 saturated carbocycles. The summed E-state index contributed by atoms with van der Waals surface area (Å²) in [5, 5.41) is 0. The van der Waals surface area contributed by atoms with E-state index in [-0.39, 0.29) is 0 Å². The summed E-state index contributed by atoms with van der Waals surface area (Å²) in [4.78, 5) is 0. The Labute approximate surface area is 112 Å². The van der Waals surface area contributed by atoms with Gasteiger partial charge in [0.25, 0.3) is 0 Å². The van der Waals surface area contributed by atoms with E-state index in [0.717, 1.165) is 12.4 Å². The summed E-state index contributed by atoms with van der Waals surface area (Å²) in [6.45, 7) is 15.4. The van der Waals surface area contributed by atoms with Crippen molar-refractivity contribution in [2.75, 3.05) is 6.61 Å². The predicted octanol–water partition coefficient (Wildman–Crippen LogP) is 4.97. The number of allylic oxidation sites excluding steroid dienone is 1. The Balaban J connectivity index is 3.01. The lowest BCUT2D eigenvalue weighted by atomic mass is 9.94. The minimum absolute atomic E-state index is 0.504. The quantitative estimate of drug-likeness (QED) is 0.687. The number of rotatable bonds is 6. The number of hydrogen-bond acceptors (Lipinski definition) is 1. The van der Waals surface area contributed by atoms with Crippen molar-refractivity contribution in [2.24, 2.45) is 5.92 Å². The van der Waals surface area contributed by atoms with Crippen LogP contribution in [0.15, 0.2) is 30.9 Å². The number of benzene rings is 1. The predicted molar refractivity (Wildman–Crippen MR) is 79.1 cm³/mol. The highest BCUT2D eigenvalue weighted by Crippen LogP contribution is 2.27. The van der Waals surface area contributed by atoms with Crippen LogP contribution in [0, 0.1) is 11.8 Å². The highest BCUT2D eigenvalue weighted by atomic mass is 16.5. The summed E-state index contributed by atoms with van der Waals surface area (Å²) < 4.78 is 5.85. The molecule has 0 saturated heterocycles. The molecule has 0 amide bonds. The topological polar surface area (TPSA) is 9.23 Å². The lowest BCUT2D eigenvalue weighted by Gasteiger charge is -2.16.